The largest absolute Gasteiger partial charge is 0.381 e. The van der Waals surface area contributed by atoms with Gasteiger partial charge in [0.05, 0.1) is 74.5 Å². The van der Waals surface area contributed by atoms with E-state index in [1.807, 2.05) is 34.1 Å². The van der Waals surface area contributed by atoms with Gasteiger partial charge in [0.25, 0.3) is 0 Å². The third-order valence-corrected chi connectivity index (χ3v) is 13.5. The number of ether oxygens (including phenoxy) is 4. The second kappa shape index (κ2) is 19.4. The highest BCUT2D eigenvalue weighted by Gasteiger charge is 2.35. The summed E-state index contributed by atoms with van der Waals surface area (Å²) in [5.41, 5.74) is 8.03. The Labute approximate surface area is 364 Å². The molecule has 4 aliphatic heterocycles. The van der Waals surface area contributed by atoms with Crippen molar-refractivity contribution in [2.75, 3.05) is 97.1 Å². The number of amides is 2. The van der Waals surface area contributed by atoms with E-state index in [1.54, 1.807) is 26.6 Å². The monoisotopic (exact) mass is 844 g/mol. The average molecular weight is 845 g/mol. The number of morpholine rings is 2. The number of anilines is 8. The van der Waals surface area contributed by atoms with Crippen molar-refractivity contribution in [3.8, 4) is 0 Å². The molecule has 0 radical (unpaired) electrons. The Morgan fingerprint density at radius 3 is 1.37 bits per heavy atom. The number of pyridine rings is 2. The molecule has 14 nitrogen and oxygen atoms in total. The Balaban J connectivity index is 0.000000158. The minimum Gasteiger partial charge on any atom is -0.381 e. The highest BCUT2D eigenvalue weighted by Crippen LogP contribution is 2.42. The number of methoxy groups -OCH3 is 2. The molecule has 2 aliphatic carbocycles. The van der Waals surface area contributed by atoms with Crippen LogP contribution in [-0.2, 0) is 41.6 Å². The maximum Gasteiger partial charge on any atom is 0.230 e. The number of fused-ring (bicyclic) bond motifs is 4. The second-order valence-electron chi connectivity index (χ2n) is 17.1. The molecule has 2 saturated carbocycles. The highest BCUT2D eigenvalue weighted by molar-refractivity contribution is 6.01. The van der Waals surface area contributed by atoms with Crippen LogP contribution in [0.2, 0.25) is 0 Å². The smallest absolute Gasteiger partial charge is 0.230 e. The maximum absolute atomic E-state index is 13.8. The van der Waals surface area contributed by atoms with Crippen LogP contribution >= 0.6 is 0 Å². The van der Waals surface area contributed by atoms with Gasteiger partial charge >= 0.3 is 0 Å². The van der Waals surface area contributed by atoms with E-state index in [4.69, 9.17) is 18.9 Å². The van der Waals surface area contributed by atoms with Crippen molar-refractivity contribution in [3.63, 3.8) is 0 Å². The number of carbonyl (C=O) groups excluding carboxylic acids is 2. The summed E-state index contributed by atoms with van der Waals surface area (Å²) < 4.78 is 22.1. The van der Waals surface area contributed by atoms with Crippen LogP contribution in [0.4, 0.5) is 45.8 Å². The molecule has 4 fully saturated rings. The van der Waals surface area contributed by atoms with E-state index < -0.39 is 0 Å². The molecular formula is C48H60N8O6. The van der Waals surface area contributed by atoms with Gasteiger partial charge in [0.1, 0.15) is 11.6 Å². The fraction of sp³-hybridized carbons (Fsp3) is 0.500. The quantitative estimate of drug-likeness (QED) is 0.200. The number of hydrogen-bond donors (Lipinski definition) is 2. The van der Waals surface area contributed by atoms with Gasteiger partial charge in [-0.1, -0.05) is 12.1 Å². The summed E-state index contributed by atoms with van der Waals surface area (Å²) >= 11 is 0. The van der Waals surface area contributed by atoms with Crippen molar-refractivity contribution < 1.29 is 28.5 Å². The molecule has 328 valence electrons. The van der Waals surface area contributed by atoms with Crippen molar-refractivity contribution in [2.24, 2.45) is 11.8 Å². The van der Waals surface area contributed by atoms with Crippen LogP contribution < -0.4 is 30.2 Å². The van der Waals surface area contributed by atoms with E-state index in [0.717, 1.165) is 161 Å². The number of hydrogen-bond acceptors (Lipinski definition) is 12. The summed E-state index contributed by atoms with van der Waals surface area (Å²) in [5.74, 6) is 2.11. The second-order valence-corrected chi connectivity index (χ2v) is 17.1. The predicted octanol–water partition coefficient (Wildman–Crippen LogP) is 7.43. The van der Waals surface area contributed by atoms with Gasteiger partial charge in [-0.05, 0) is 99.9 Å². The third kappa shape index (κ3) is 9.24. The van der Waals surface area contributed by atoms with Crippen molar-refractivity contribution in [1.29, 1.82) is 0 Å². The molecule has 6 aliphatic rings. The number of nitrogens with one attached hydrogen (secondary N) is 2. The van der Waals surface area contributed by atoms with Gasteiger partial charge in [-0.3, -0.25) is 9.59 Å². The predicted molar refractivity (Wildman–Crippen MR) is 242 cm³/mol. The van der Waals surface area contributed by atoms with Crippen LogP contribution in [0.3, 0.4) is 0 Å². The van der Waals surface area contributed by atoms with Gasteiger partial charge in [-0.2, -0.15) is 0 Å². The van der Waals surface area contributed by atoms with E-state index in [9.17, 15) is 9.59 Å². The fourth-order valence-electron chi connectivity index (χ4n) is 9.78. The molecule has 0 bridgehead atoms. The van der Waals surface area contributed by atoms with Crippen LogP contribution in [0.15, 0.2) is 73.1 Å². The topological polar surface area (TPSA) is 134 Å². The van der Waals surface area contributed by atoms with Crippen LogP contribution in [0.1, 0.15) is 62.5 Å². The molecule has 6 heterocycles. The lowest BCUT2D eigenvalue weighted by Gasteiger charge is -2.33. The summed E-state index contributed by atoms with van der Waals surface area (Å²) in [7, 11) is 3.53. The first kappa shape index (κ1) is 42.0. The number of benzene rings is 2. The molecule has 0 spiro atoms. The third-order valence-electron chi connectivity index (χ3n) is 13.5. The van der Waals surface area contributed by atoms with E-state index in [1.165, 1.54) is 0 Å². The SMILES string of the molecule is COC1CCC(C(=O)N2Cc3cccnc3Nc3ccc(N4CCOCC4)cc32)CC1.COC1CCC(C(=O)N2Cc3cccnc3Nc3ccc(N4CCOCC4)cc32)CC1. The number of nitrogens with zero attached hydrogens (tertiary/aromatic N) is 6. The molecular weight excluding hydrogens is 785 g/mol. The lowest BCUT2D eigenvalue weighted by molar-refractivity contribution is -0.125. The zero-order valence-corrected chi connectivity index (χ0v) is 36.1. The normalized spacial score (nSPS) is 23.4. The summed E-state index contributed by atoms with van der Waals surface area (Å²) in [4.78, 5) is 45.2. The van der Waals surface area contributed by atoms with Crippen molar-refractivity contribution in [2.45, 2.75) is 76.7 Å². The number of carbonyl (C=O) groups is 2. The maximum atomic E-state index is 13.8. The number of aromatic nitrogens is 2. The minimum absolute atomic E-state index is 0.0320. The zero-order chi connectivity index (χ0) is 42.4. The number of rotatable bonds is 6. The highest BCUT2D eigenvalue weighted by atomic mass is 16.5. The molecule has 2 amide bonds. The first-order valence-corrected chi connectivity index (χ1v) is 22.5. The Bertz CT molecular complexity index is 2030. The lowest BCUT2D eigenvalue weighted by atomic mass is 9.86. The summed E-state index contributed by atoms with van der Waals surface area (Å²) in [6.45, 7) is 7.44. The van der Waals surface area contributed by atoms with Gasteiger partial charge in [0.2, 0.25) is 11.8 Å². The molecule has 10 rings (SSSR count). The Kier molecular flexibility index (Phi) is 13.2. The molecule has 2 aromatic carbocycles. The Morgan fingerprint density at radius 2 is 0.984 bits per heavy atom. The molecule has 0 atom stereocenters. The van der Waals surface area contributed by atoms with Crippen molar-refractivity contribution >= 4 is 57.6 Å². The molecule has 2 saturated heterocycles. The molecule has 14 heteroatoms. The minimum atomic E-state index is 0.0320. The average Bonchev–Trinajstić information content (AvgIpc) is 3.62. The summed E-state index contributed by atoms with van der Waals surface area (Å²) in [6, 6.07) is 20.7. The lowest BCUT2D eigenvalue weighted by Crippen LogP contribution is -2.39. The van der Waals surface area contributed by atoms with Gasteiger partial charge in [-0.15, -0.1) is 0 Å². The molecule has 62 heavy (non-hydrogen) atoms. The van der Waals surface area contributed by atoms with E-state index in [-0.39, 0.29) is 35.9 Å². The first-order chi connectivity index (χ1) is 30.4. The fourth-order valence-corrected chi connectivity index (χ4v) is 9.78. The Hall–Kier alpha value is -5.28. The van der Waals surface area contributed by atoms with Gasteiger partial charge in [-0.25, -0.2) is 9.97 Å². The van der Waals surface area contributed by atoms with E-state index in [0.29, 0.717) is 13.1 Å². The molecule has 0 unspecified atom stereocenters. The van der Waals surface area contributed by atoms with Crippen LogP contribution in [0.5, 0.6) is 0 Å². The van der Waals surface area contributed by atoms with Gasteiger partial charge in [0, 0.05) is 87.1 Å². The van der Waals surface area contributed by atoms with E-state index >= 15 is 0 Å². The zero-order valence-electron chi connectivity index (χ0n) is 36.1. The molecule has 2 aromatic heterocycles. The van der Waals surface area contributed by atoms with Crippen LogP contribution in [-0.4, -0.2) is 101 Å². The van der Waals surface area contributed by atoms with Crippen molar-refractivity contribution in [1.82, 2.24) is 9.97 Å². The Morgan fingerprint density at radius 1 is 0.581 bits per heavy atom. The van der Waals surface area contributed by atoms with Crippen LogP contribution in [0.25, 0.3) is 0 Å². The van der Waals surface area contributed by atoms with Gasteiger partial charge in [0.15, 0.2) is 0 Å². The standard InChI is InChI=1S/2C24H30N4O3/c2*1-30-20-7-4-17(5-8-20)24(29)28-16-18-3-2-10-25-23(18)26-21-9-6-19(15-22(21)28)27-11-13-31-14-12-27/h2*2-3,6,9-10,15,17,20H,4-5,7-8,11-14,16H2,1H3,(H,25,26). The molecule has 2 N–H and O–H groups in total. The van der Waals surface area contributed by atoms with Crippen LogP contribution in [0, 0.1) is 11.8 Å². The molecule has 4 aromatic rings. The first-order valence-electron chi connectivity index (χ1n) is 22.5. The van der Waals surface area contributed by atoms with E-state index in [2.05, 4.69) is 66.8 Å². The van der Waals surface area contributed by atoms with Gasteiger partial charge < -0.3 is 49.2 Å². The summed E-state index contributed by atoms with van der Waals surface area (Å²) in [6.07, 6.45) is 11.4. The summed E-state index contributed by atoms with van der Waals surface area (Å²) in [5, 5.41) is 6.94. The van der Waals surface area contributed by atoms with Crippen molar-refractivity contribution in [3.05, 3.63) is 84.2 Å².